The summed E-state index contributed by atoms with van der Waals surface area (Å²) >= 11 is 0. The van der Waals surface area contributed by atoms with E-state index < -0.39 is 0 Å². The molecule has 0 aromatic heterocycles. The van der Waals surface area contributed by atoms with Crippen molar-refractivity contribution in [1.29, 1.82) is 0 Å². The largest absolute Gasteiger partial charge is 0.0654 e. The number of unbranched alkanes of at least 4 members (excludes halogenated alkanes) is 1. The average molecular weight is 152 g/mol. The highest BCUT2D eigenvalue weighted by molar-refractivity contribution is 5.15. The van der Waals surface area contributed by atoms with Crippen LogP contribution in [0, 0.1) is 10.8 Å². The van der Waals surface area contributed by atoms with E-state index in [-0.39, 0.29) is 0 Å². The van der Waals surface area contributed by atoms with Crippen LogP contribution in [0.2, 0.25) is 0 Å². The van der Waals surface area contributed by atoms with Crippen molar-refractivity contribution in [2.75, 3.05) is 0 Å². The van der Waals surface area contributed by atoms with Gasteiger partial charge in [-0.25, -0.2) is 0 Å². The van der Waals surface area contributed by atoms with Crippen LogP contribution in [-0.4, -0.2) is 0 Å². The van der Waals surface area contributed by atoms with Gasteiger partial charge >= 0.3 is 0 Å². The molecule has 0 aliphatic heterocycles. The summed E-state index contributed by atoms with van der Waals surface area (Å²) in [5, 5.41) is 0. The van der Waals surface area contributed by atoms with Gasteiger partial charge in [0.25, 0.3) is 0 Å². The van der Waals surface area contributed by atoms with Gasteiger partial charge in [0.05, 0.1) is 0 Å². The van der Waals surface area contributed by atoms with Crippen molar-refractivity contribution in [1.82, 2.24) is 0 Å². The Morgan fingerprint density at radius 1 is 1.27 bits per heavy atom. The third-order valence-corrected chi connectivity index (χ3v) is 4.28. The number of fused-ring (bicyclic) bond motifs is 1. The van der Waals surface area contributed by atoms with Gasteiger partial charge in [-0.15, -0.1) is 0 Å². The van der Waals surface area contributed by atoms with Gasteiger partial charge in [0.1, 0.15) is 0 Å². The van der Waals surface area contributed by atoms with E-state index in [1.54, 1.807) is 12.8 Å². The normalized spacial score (nSPS) is 47.5. The molecule has 2 unspecified atom stereocenters. The molecular weight excluding hydrogens is 132 g/mol. The zero-order valence-electron chi connectivity index (χ0n) is 7.95. The minimum absolute atomic E-state index is 0.808. The summed E-state index contributed by atoms with van der Waals surface area (Å²) in [4.78, 5) is 0. The molecule has 2 saturated carbocycles. The molecule has 2 aliphatic carbocycles. The standard InChI is InChI=1S/C11H20/c1-3-4-7-11-8-5-6-10(11,2)9-11/h3-9H2,1-2H3. The lowest BCUT2D eigenvalue weighted by Gasteiger charge is -2.13. The molecule has 2 atom stereocenters. The van der Waals surface area contributed by atoms with Crippen LogP contribution in [0.15, 0.2) is 0 Å². The first-order chi connectivity index (χ1) is 5.22. The van der Waals surface area contributed by atoms with Gasteiger partial charge in [0.2, 0.25) is 0 Å². The van der Waals surface area contributed by atoms with Gasteiger partial charge in [-0.05, 0) is 36.5 Å². The Labute approximate surface area is 70.4 Å². The molecule has 0 nitrogen and oxygen atoms in total. The molecule has 2 fully saturated rings. The van der Waals surface area contributed by atoms with E-state index >= 15 is 0 Å². The molecule has 0 aromatic carbocycles. The first kappa shape index (κ1) is 7.64. The summed E-state index contributed by atoms with van der Waals surface area (Å²) in [6.45, 7) is 4.82. The molecule has 64 valence electrons. The van der Waals surface area contributed by atoms with Gasteiger partial charge in [0, 0.05) is 0 Å². The van der Waals surface area contributed by atoms with Crippen LogP contribution in [0.25, 0.3) is 0 Å². The SMILES string of the molecule is CCCCC12CCCC1(C)C2. The Kier molecular flexibility index (Phi) is 1.56. The second kappa shape index (κ2) is 2.24. The van der Waals surface area contributed by atoms with E-state index in [2.05, 4.69) is 13.8 Å². The highest BCUT2D eigenvalue weighted by atomic mass is 14.7. The molecule has 0 bridgehead atoms. The van der Waals surface area contributed by atoms with E-state index in [0.29, 0.717) is 0 Å². The highest BCUT2D eigenvalue weighted by Gasteiger charge is 2.65. The maximum absolute atomic E-state index is 2.51. The predicted octanol–water partition coefficient (Wildman–Crippen LogP) is 3.76. The zero-order chi connectivity index (χ0) is 7.95. The lowest BCUT2D eigenvalue weighted by atomic mass is 9.92. The third-order valence-electron chi connectivity index (χ3n) is 4.28. The number of rotatable bonds is 3. The van der Waals surface area contributed by atoms with Crippen molar-refractivity contribution in [3.63, 3.8) is 0 Å². The Bertz CT molecular complexity index is 157. The van der Waals surface area contributed by atoms with Crippen LogP contribution in [-0.2, 0) is 0 Å². The van der Waals surface area contributed by atoms with Crippen molar-refractivity contribution in [2.24, 2.45) is 10.8 Å². The Morgan fingerprint density at radius 2 is 2.09 bits per heavy atom. The molecule has 0 N–H and O–H groups in total. The minimum Gasteiger partial charge on any atom is -0.0654 e. The molecule has 0 radical (unpaired) electrons. The minimum atomic E-state index is 0.808. The summed E-state index contributed by atoms with van der Waals surface area (Å²) in [6.07, 6.45) is 10.5. The zero-order valence-corrected chi connectivity index (χ0v) is 7.95. The molecule has 0 spiro atoms. The number of hydrogen-bond donors (Lipinski definition) is 0. The average Bonchev–Trinajstić information content (AvgIpc) is 2.43. The summed E-state index contributed by atoms with van der Waals surface area (Å²) in [5.41, 5.74) is 1.66. The van der Waals surface area contributed by atoms with Crippen LogP contribution in [0.3, 0.4) is 0 Å². The van der Waals surface area contributed by atoms with Crippen LogP contribution >= 0.6 is 0 Å². The van der Waals surface area contributed by atoms with E-state index in [0.717, 1.165) is 10.8 Å². The fourth-order valence-electron chi connectivity index (χ4n) is 3.29. The molecule has 0 heteroatoms. The second-order valence-corrected chi connectivity index (χ2v) is 4.97. The van der Waals surface area contributed by atoms with Crippen molar-refractivity contribution >= 4 is 0 Å². The molecule has 11 heavy (non-hydrogen) atoms. The highest BCUT2D eigenvalue weighted by Crippen LogP contribution is 2.75. The summed E-state index contributed by atoms with van der Waals surface area (Å²) in [7, 11) is 0. The molecule has 0 amide bonds. The molecule has 0 saturated heterocycles. The lowest BCUT2D eigenvalue weighted by molar-refractivity contribution is 0.375. The second-order valence-electron chi connectivity index (χ2n) is 4.97. The topological polar surface area (TPSA) is 0 Å². The summed E-state index contributed by atoms with van der Waals surface area (Å²) < 4.78 is 0. The lowest BCUT2D eigenvalue weighted by Crippen LogP contribution is -2.03. The quantitative estimate of drug-likeness (QED) is 0.577. The van der Waals surface area contributed by atoms with Crippen molar-refractivity contribution in [3.05, 3.63) is 0 Å². The first-order valence-electron chi connectivity index (χ1n) is 5.22. The predicted molar refractivity (Wildman–Crippen MR) is 48.5 cm³/mol. The third kappa shape index (κ3) is 0.947. The molecule has 2 aliphatic rings. The van der Waals surface area contributed by atoms with Crippen LogP contribution in [0.1, 0.15) is 58.8 Å². The van der Waals surface area contributed by atoms with E-state index in [9.17, 15) is 0 Å². The van der Waals surface area contributed by atoms with Crippen LogP contribution < -0.4 is 0 Å². The van der Waals surface area contributed by atoms with Crippen LogP contribution in [0.4, 0.5) is 0 Å². The van der Waals surface area contributed by atoms with Crippen molar-refractivity contribution in [3.8, 4) is 0 Å². The monoisotopic (exact) mass is 152 g/mol. The van der Waals surface area contributed by atoms with Gasteiger partial charge < -0.3 is 0 Å². The molecule has 2 rings (SSSR count). The van der Waals surface area contributed by atoms with Gasteiger partial charge in [-0.2, -0.15) is 0 Å². The Morgan fingerprint density at radius 3 is 2.55 bits per heavy atom. The summed E-state index contributed by atoms with van der Waals surface area (Å²) in [5.74, 6) is 0. The van der Waals surface area contributed by atoms with Gasteiger partial charge in [-0.3, -0.25) is 0 Å². The smallest absolute Gasteiger partial charge is 0.0238 e. The fourth-order valence-corrected chi connectivity index (χ4v) is 3.29. The Balaban J connectivity index is 1.93. The van der Waals surface area contributed by atoms with E-state index in [4.69, 9.17) is 0 Å². The number of hydrogen-bond acceptors (Lipinski definition) is 0. The van der Waals surface area contributed by atoms with Crippen molar-refractivity contribution in [2.45, 2.75) is 58.8 Å². The first-order valence-corrected chi connectivity index (χ1v) is 5.22. The maximum atomic E-state index is 2.51. The fraction of sp³-hybridized carbons (Fsp3) is 1.00. The Hall–Kier alpha value is 0. The maximum Gasteiger partial charge on any atom is -0.0238 e. The summed E-state index contributed by atoms with van der Waals surface area (Å²) in [6, 6.07) is 0. The van der Waals surface area contributed by atoms with E-state index in [1.165, 1.54) is 32.1 Å². The van der Waals surface area contributed by atoms with Crippen LogP contribution in [0.5, 0.6) is 0 Å². The van der Waals surface area contributed by atoms with Gasteiger partial charge in [0.15, 0.2) is 0 Å². The van der Waals surface area contributed by atoms with Crippen molar-refractivity contribution < 1.29 is 0 Å². The van der Waals surface area contributed by atoms with Gasteiger partial charge in [-0.1, -0.05) is 33.1 Å². The molecular formula is C11H20. The molecule has 0 heterocycles. The molecule has 0 aromatic rings. The van der Waals surface area contributed by atoms with E-state index in [1.807, 2.05) is 0 Å².